The van der Waals surface area contributed by atoms with Crippen molar-refractivity contribution in [2.45, 2.75) is 64.4 Å². The second kappa shape index (κ2) is 5.89. The van der Waals surface area contributed by atoms with E-state index in [9.17, 15) is 4.79 Å². The molecule has 1 aromatic rings. The van der Waals surface area contributed by atoms with Crippen molar-refractivity contribution >= 4 is 6.09 Å². The Bertz CT molecular complexity index is 523. The molecule has 1 aliphatic carbocycles. The molecule has 22 heavy (non-hydrogen) atoms. The van der Waals surface area contributed by atoms with Gasteiger partial charge in [-0.15, -0.1) is 0 Å². The van der Waals surface area contributed by atoms with Crippen molar-refractivity contribution in [2.75, 3.05) is 13.1 Å². The van der Waals surface area contributed by atoms with E-state index in [1.54, 1.807) is 4.90 Å². The Morgan fingerprint density at radius 1 is 1.27 bits per heavy atom. The summed E-state index contributed by atoms with van der Waals surface area (Å²) in [6, 6.07) is 0. The third-order valence-corrected chi connectivity index (χ3v) is 4.16. The summed E-state index contributed by atoms with van der Waals surface area (Å²) in [7, 11) is 0. The Labute approximate surface area is 131 Å². The van der Waals surface area contributed by atoms with Gasteiger partial charge in [0, 0.05) is 25.4 Å². The number of nitrogens with zero attached hydrogens (tertiary/aromatic N) is 3. The Morgan fingerprint density at radius 3 is 2.55 bits per heavy atom. The van der Waals surface area contributed by atoms with Gasteiger partial charge in [0.05, 0.1) is 0 Å². The van der Waals surface area contributed by atoms with Gasteiger partial charge in [0.1, 0.15) is 5.60 Å². The number of hydrogen-bond acceptors (Lipinski definition) is 5. The molecule has 6 heteroatoms. The van der Waals surface area contributed by atoms with Crippen molar-refractivity contribution in [3.8, 4) is 0 Å². The second-order valence-electron chi connectivity index (χ2n) is 7.44. The van der Waals surface area contributed by atoms with Crippen LogP contribution in [0.4, 0.5) is 4.79 Å². The lowest BCUT2D eigenvalue weighted by Gasteiger charge is -2.33. The molecule has 6 nitrogen and oxygen atoms in total. The summed E-state index contributed by atoms with van der Waals surface area (Å²) in [6.45, 7) is 7.16. The fourth-order valence-electron chi connectivity index (χ4n) is 2.75. The van der Waals surface area contributed by atoms with Crippen molar-refractivity contribution in [3.63, 3.8) is 0 Å². The zero-order valence-electron chi connectivity index (χ0n) is 13.7. The molecule has 1 amide bonds. The highest BCUT2D eigenvalue weighted by Gasteiger charge is 2.30. The van der Waals surface area contributed by atoms with E-state index in [0.717, 1.165) is 44.1 Å². The van der Waals surface area contributed by atoms with Gasteiger partial charge < -0.3 is 14.2 Å². The van der Waals surface area contributed by atoms with Gasteiger partial charge in [-0.2, -0.15) is 4.98 Å². The van der Waals surface area contributed by atoms with Crippen LogP contribution in [0.3, 0.4) is 0 Å². The maximum Gasteiger partial charge on any atom is 0.410 e. The van der Waals surface area contributed by atoms with Gasteiger partial charge >= 0.3 is 6.09 Å². The van der Waals surface area contributed by atoms with Gasteiger partial charge in [-0.05, 0) is 52.4 Å². The van der Waals surface area contributed by atoms with Crippen LogP contribution in [0.1, 0.15) is 64.1 Å². The van der Waals surface area contributed by atoms with Gasteiger partial charge in [0.25, 0.3) is 0 Å². The largest absolute Gasteiger partial charge is 0.444 e. The van der Waals surface area contributed by atoms with Crippen LogP contribution in [-0.4, -0.2) is 39.8 Å². The first-order valence-corrected chi connectivity index (χ1v) is 8.21. The lowest BCUT2D eigenvalue weighted by Crippen LogP contribution is -2.42. The highest BCUT2D eigenvalue weighted by Crippen LogP contribution is 2.38. The normalized spacial score (nSPS) is 20.2. The van der Waals surface area contributed by atoms with Crippen LogP contribution in [0.15, 0.2) is 4.52 Å². The van der Waals surface area contributed by atoms with E-state index in [1.165, 1.54) is 12.8 Å². The summed E-state index contributed by atoms with van der Waals surface area (Å²) in [5, 5.41) is 4.06. The van der Waals surface area contributed by atoms with Crippen LogP contribution in [0.5, 0.6) is 0 Å². The van der Waals surface area contributed by atoms with Crippen molar-refractivity contribution in [3.05, 3.63) is 11.7 Å². The number of rotatable bonds is 3. The van der Waals surface area contributed by atoms with Crippen molar-refractivity contribution < 1.29 is 14.1 Å². The van der Waals surface area contributed by atoms with E-state index in [1.807, 2.05) is 20.8 Å². The molecule has 2 aliphatic rings. The summed E-state index contributed by atoms with van der Waals surface area (Å²) in [6.07, 6.45) is 4.91. The summed E-state index contributed by atoms with van der Waals surface area (Å²) < 4.78 is 10.8. The third kappa shape index (κ3) is 3.99. The molecule has 122 valence electrons. The second-order valence-corrected chi connectivity index (χ2v) is 7.44. The summed E-state index contributed by atoms with van der Waals surface area (Å²) in [4.78, 5) is 18.3. The van der Waals surface area contributed by atoms with Gasteiger partial charge in [-0.25, -0.2) is 4.79 Å². The molecular weight excluding hydrogens is 282 g/mol. The predicted molar refractivity (Wildman–Crippen MR) is 80.5 cm³/mol. The molecule has 0 aromatic carbocycles. The number of hydrogen-bond donors (Lipinski definition) is 0. The van der Waals surface area contributed by atoms with Gasteiger partial charge in [-0.1, -0.05) is 5.16 Å². The minimum absolute atomic E-state index is 0.209. The van der Waals surface area contributed by atoms with E-state index in [-0.39, 0.29) is 6.09 Å². The van der Waals surface area contributed by atoms with Gasteiger partial charge in [-0.3, -0.25) is 0 Å². The quantitative estimate of drug-likeness (QED) is 0.858. The maximum atomic E-state index is 12.0. The minimum atomic E-state index is -0.434. The molecule has 1 aliphatic heterocycles. The molecule has 0 atom stereocenters. The molecular formula is C16H25N3O3. The first-order chi connectivity index (χ1) is 10.4. The smallest absolute Gasteiger partial charge is 0.410 e. The monoisotopic (exact) mass is 307 g/mol. The van der Waals surface area contributed by atoms with E-state index < -0.39 is 5.60 Å². The minimum Gasteiger partial charge on any atom is -0.444 e. The SMILES string of the molecule is CC(C)(C)OC(=O)N1CCC(Cc2nc(C3CC3)no2)CC1. The van der Waals surface area contributed by atoms with Gasteiger partial charge in [0.2, 0.25) is 5.89 Å². The van der Waals surface area contributed by atoms with Crippen molar-refractivity contribution in [1.82, 2.24) is 15.0 Å². The van der Waals surface area contributed by atoms with Crippen molar-refractivity contribution in [1.29, 1.82) is 0 Å². The number of amides is 1. The van der Waals surface area contributed by atoms with Crippen molar-refractivity contribution in [2.24, 2.45) is 5.92 Å². The number of carbonyl (C=O) groups is 1. The Kier molecular flexibility index (Phi) is 4.10. The summed E-state index contributed by atoms with van der Waals surface area (Å²) >= 11 is 0. The highest BCUT2D eigenvalue weighted by molar-refractivity contribution is 5.68. The lowest BCUT2D eigenvalue weighted by atomic mass is 9.94. The molecule has 0 spiro atoms. The molecule has 1 saturated carbocycles. The number of ether oxygens (including phenoxy) is 1. The molecule has 2 fully saturated rings. The Balaban J connectivity index is 1.45. The zero-order valence-corrected chi connectivity index (χ0v) is 13.7. The number of carbonyl (C=O) groups excluding carboxylic acids is 1. The topological polar surface area (TPSA) is 68.5 Å². The average Bonchev–Trinajstić information content (AvgIpc) is 3.19. The molecule has 0 unspecified atom stereocenters. The predicted octanol–water partition coefficient (Wildman–Crippen LogP) is 3.14. The number of aromatic nitrogens is 2. The maximum absolute atomic E-state index is 12.0. The third-order valence-electron chi connectivity index (χ3n) is 4.16. The Hall–Kier alpha value is -1.59. The van der Waals surface area contributed by atoms with E-state index in [4.69, 9.17) is 9.26 Å². The van der Waals surface area contributed by atoms with Crippen LogP contribution < -0.4 is 0 Å². The van der Waals surface area contributed by atoms with Crippen LogP contribution in [-0.2, 0) is 11.2 Å². The molecule has 1 aromatic heterocycles. The average molecular weight is 307 g/mol. The van der Waals surface area contributed by atoms with Crippen LogP contribution >= 0.6 is 0 Å². The summed E-state index contributed by atoms with van der Waals surface area (Å²) in [5.74, 6) is 2.66. The van der Waals surface area contributed by atoms with E-state index in [0.29, 0.717) is 11.8 Å². The molecule has 2 heterocycles. The molecule has 0 N–H and O–H groups in total. The first-order valence-electron chi connectivity index (χ1n) is 8.21. The fourth-order valence-corrected chi connectivity index (χ4v) is 2.75. The van der Waals surface area contributed by atoms with E-state index >= 15 is 0 Å². The summed E-state index contributed by atoms with van der Waals surface area (Å²) in [5.41, 5.74) is -0.434. The van der Waals surface area contributed by atoms with Crippen LogP contribution in [0.25, 0.3) is 0 Å². The van der Waals surface area contributed by atoms with E-state index in [2.05, 4.69) is 10.1 Å². The first kappa shape index (κ1) is 15.3. The molecule has 3 rings (SSSR count). The zero-order chi connectivity index (χ0) is 15.7. The Morgan fingerprint density at radius 2 is 1.95 bits per heavy atom. The number of piperidine rings is 1. The van der Waals surface area contributed by atoms with Crippen LogP contribution in [0.2, 0.25) is 0 Å². The highest BCUT2D eigenvalue weighted by atomic mass is 16.6. The standard InChI is InChI=1S/C16H25N3O3/c1-16(2,3)21-15(20)19-8-6-11(7-9-19)10-13-17-14(18-22-13)12-4-5-12/h11-12H,4-10H2,1-3H3. The molecule has 1 saturated heterocycles. The molecule has 0 radical (unpaired) electrons. The number of likely N-dealkylation sites (tertiary alicyclic amines) is 1. The van der Waals surface area contributed by atoms with Crippen LogP contribution in [0, 0.1) is 5.92 Å². The fraction of sp³-hybridized carbons (Fsp3) is 0.812. The lowest BCUT2D eigenvalue weighted by molar-refractivity contribution is 0.0182. The van der Waals surface area contributed by atoms with Gasteiger partial charge in [0.15, 0.2) is 5.82 Å². The molecule has 0 bridgehead atoms.